The first-order valence-corrected chi connectivity index (χ1v) is 21.4. The smallest absolute Gasteiger partial charge is 0.393 e. The molecule has 0 aromatic carbocycles. The number of phosphoric acid groups is 1. The van der Waals surface area contributed by atoms with E-state index in [1.807, 2.05) is 6.08 Å². The van der Waals surface area contributed by atoms with Crippen LogP contribution < -0.4 is 11.1 Å². The zero-order valence-electron chi connectivity index (χ0n) is 31.1. The second-order valence-electron chi connectivity index (χ2n) is 13.7. The molecule has 0 radical (unpaired) electrons. The molecule has 0 heterocycles. The molecule has 286 valence electrons. The summed E-state index contributed by atoms with van der Waals surface area (Å²) in [4.78, 5) is 22.7. The molecular weight excluding hydrogens is 627 g/mol. The first-order chi connectivity index (χ1) is 23.3. The number of aliphatic hydroxyl groups is 2. The van der Waals surface area contributed by atoms with E-state index in [2.05, 4.69) is 19.2 Å². The molecule has 9 nitrogen and oxygen atoms in total. The molecule has 4 unspecified atom stereocenters. The summed E-state index contributed by atoms with van der Waals surface area (Å²) in [6, 6.07) is -0.975. The standard InChI is InChI=1S/C38H77N2O7P/c1-3-5-7-9-11-13-15-17-19-21-23-25-27-29-35(41)33-38(43)40-36(34-47-48(44,45)46-32-31-39)37(42)30-28-26-24-22-20-18-16-14-12-10-8-6-4-2/h28,30,35-37,41-42H,3-27,29,31-34,39H2,1-2H3,(H,40,43)(H,44,45)/b30-28+. The lowest BCUT2D eigenvalue weighted by molar-refractivity contribution is -0.124. The summed E-state index contributed by atoms with van der Waals surface area (Å²) >= 11 is 0. The van der Waals surface area contributed by atoms with E-state index in [1.165, 1.54) is 122 Å². The van der Waals surface area contributed by atoms with Crippen molar-refractivity contribution in [1.29, 1.82) is 0 Å². The van der Waals surface area contributed by atoms with Gasteiger partial charge in [0.05, 0.1) is 37.9 Å². The Morgan fingerprint density at radius 3 is 1.60 bits per heavy atom. The number of amides is 1. The van der Waals surface area contributed by atoms with Crippen LogP contribution in [0.3, 0.4) is 0 Å². The molecule has 0 aliphatic heterocycles. The van der Waals surface area contributed by atoms with Crippen molar-refractivity contribution in [3.8, 4) is 0 Å². The number of rotatable bonds is 37. The summed E-state index contributed by atoms with van der Waals surface area (Å²) in [7, 11) is -4.39. The molecular formula is C38H77N2O7P. The van der Waals surface area contributed by atoms with E-state index in [0.29, 0.717) is 6.42 Å². The Balaban J connectivity index is 4.39. The van der Waals surface area contributed by atoms with Crippen LogP contribution in [0.5, 0.6) is 0 Å². The maximum absolute atomic E-state index is 12.7. The molecule has 0 aliphatic rings. The first kappa shape index (κ1) is 47.2. The van der Waals surface area contributed by atoms with Gasteiger partial charge in [0.1, 0.15) is 0 Å². The van der Waals surface area contributed by atoms with E-state index < -0.39 is 38.6 Å². The second kappa shape index (κ2) is 34.6. The third kappa shape index (κ3) is 32.4. The van der Waals surface area contributed by atoms with E-state index in [1.54, 1.807) is 6.08 Å². The predicted molar refractivity (Wildman–Crippen MR) is 200 cm³/mol. The minimum absolute atomic E-state index is 0.0512. The van der Waals surface area contributed by atoms with Gasteiger partial charge in [-0.1, -0.05) is 174 Å². The number of unbranched alkanes of at least 4 members (excludes halogenated alkanes) is 23. The molecule has 10 heteroatoms. The van der Waals surface area contributed by atoms with Crippen LogP contribution in [0.1, 0.15) is 187 Å². The predicted octanol–water partition coefficient (Wildman–Crippen LogP) is 9.41. The van der Waals surface area contributed by atoms with Gasteiger partial charge in [-0.15, -0.1) is 0 Å². The fourth-order valence-corrected chi connectivity index (χ4v) is 6.64. The van der Waals surface area contributed by atoms with Gasteiger partial charge < -0.3 is 26.2 Å². The highest BCUT2D eigenvalue weighted by Crippen LogP contribution is 2.43. The molecule has 0 fully saturated rings. The Labute approximate surface area is 295 Å². The zero-order valence-corrected chi connectivity index (χ0v) is 32.0. The Morgan fingerprint density at radius 1 is 0.708 bits per heavy atom. The SMILES string of the molecule is CCCCCCCCCCCCC/C=C/C(O)C(COP(=O)(O)OCCN)NC(=O)CC(O)CCCCCCCCCCCCCCC. The fraction of sp³-hybridized carbons (Fsp3) is 0.921. The summed E-state index contributed by atoms with van der Waals surface area (Å²) in [5.41, 5.74) is 5.35. The third-order valence-corrected chi connectivity index (χ3v) is 9.90. The number of phosphoric ester groups is 1. The normalized spacial score (nSPS) is 15.0. The van der Waals surface area contributed by atoms with Crippen LogP contribution in [-0.4, -0.2) is 59.0 Å². The highest BCUT2D eigenvalue weighted by molar-refractivity contribution is 7.47. The topological polar surface area (TPSA) is 151 Å². The van der Waals surface area contributed by atoms with E-state index >= 15 is 0 Å². The van der Waals surface area contributed by atoms with Gasteiger partial charge in [0, 0.05) is 6.54 Å². The Hall–Kier alpha value is -0.800. The lowest BCUT2D eigenvalue weighted by Crippen LogP contribution is -2.46. The van der Waals surface area contributed by atoms with Gasteiger partial charge in [0.25, 0.3) is 0 Å². The third-order valence-electron chi connectivity index (χ3n) is 8.92. The lowest BCUT2D eigenvalue weighted by Gasteiger charge is -2.24. The Kier molecular flexibility index (Phi) is 34.1. The number of nitrogens with one attached hydrogen (secondary N) is 1. The Morgan fingerprint density at radius 2 is 1.15 bits per heavy atom. The molecule has 4 atom stereocenters. The van der Waals surface area contributed by atoms with Crippen LogP contribution in [-0.2, 0) is 18.4 Å². The van der Waals surface area contributed by atoms with Crippen LogP contribution in [0.4, 0.5) is 0 Å². The van der Waals surface area contributed by atoms with Gasteiger partial charge in [-0.25, -0.2) is 4.57 Å². The minimum Gasteiger partial charge on any atom is -0.393 e. The molecule has 1 amide bonds. The van der Waals surface area contributed by atoms with Crippen LogP contribution in [0.15, 0.2) is 12.2 Å². The molecule has 0 saturated heterocycles. The maximum Gasteiger partial charge on any atom is 0.472 e. The highest BCUT2D eigenvalue weighted by atomic mass is 31.2. The van der Waals surface area contributed by atoms with Crippen molar-refractivity contribution >= 4 is 13.7 Å². The number of carbonyl (C=O) groups is 1. The molecule has 0 aromatic rings. The number of aliphatic hydroxyl groups excluding tert-OH is 2. The van der Waals surface area contributed by atoms with Gasteiger partial charge in [-0.05, 0) is 19.3 Å². The van der Waals surface area contributed by atoms with Gasteiger partial charge in [-0.3, -0.25) is 13.8 Å². The van der Waals surface area contributed by atoms with Crippen molar-refractivity contribution < 1.29 is 33.5 Å². The number of allylic oxidation sites excluding steroid dienone is 1. The molecule has 48 heavy (non-hydrogen) atoms. The molecule has 6 N–H and O–H groups in total. The molecule has 0 saturated carbocycles. The average Bonchev–Trinajstić information content (AvgIpc) is 3.06. The van der Waals surface area contributed by atoms with E-state index in [-0.39, 0.29) is 19.6 Å². The fourth-order valence-electron chi connectivity index (χ4n) is 5.88. The van der Waals surface area contributed by atoms with E-state index in [9.17, 15) is 24.5 Å². The van der Waals surface area contributed by atoms with Gasteiger partial charge in [0.2, 0.25) is 5.91 Å². The summed E-state index contributed by atoms with van der Waals surface area (Å²) in [5.74, 6) is -0.445. The Bertz CT molecular complexity index is 786. The van der Waals surface area contributed by atoms with Gasteiger partial charge in [-0.2, -0.15) is 0 Å². The minimum atomic E-state index is -4.39. The van der Waals surface area contributed by atoms with Crippen LogP contribution >= 0.6 is 7.82 Å². The van der Waals surface area contributed by atoms with Crippen molar-refractivity contribution in [2.45, 2.75) is 205 Å². The van der Waals surface area contributed by atoms with Crippen LogP contribution in [0, 0.1) is 0 Å². The molecule has 0 rings (SSSR count). The number of hydrogen-bond donors (Lipinski definition) is 5. The van der Waals surface area contributed by atoms with Crippen LogP contribution in [0.2, 0.25) is 0 Å². The van der Waals surface area contributed by atoms with Crippen molar-refractivity contribution in [2.75, 3.05) is 19.8 Å². The summed E-state index contributed by atoms with van der Waals surface area (Å²) in [6.45, 7) is 3.96. The second-order valence-corrected chi connectivity index (χ2v) is 15.1. The number of carbonyl (C=O) groups excluding carboxylic acids is 1. The summed E-state index contributed by atoms with van der Waals surface area (Å²) in [5, 5.41) is 23.9. The highest BCUT2D eigenvalue weighted by Gasteiger charge is 2.27. The number of hydrogen-bond acceptors (Lipinski definition) is 7. The van der Waals surface area contributed by atoms with E-state index in [4.69, 9.17) is 14.8 Å². The van der Waals surface area contributed by atoms with Gasteiger partial charge in [0.15, 0.2) is 0 Å². The first-order valence-electron chi connectivity index (χ1n) is 19.9. The molecule has 0 spiro atoms. The van der Waals surface area contributed by atoms with Crippen molar-refractivity contribution in [1.82, 2.24) is 5.32 Å². The van der Waals surface area contributed by atoms with Crippen molar-refractivity contribution in [2.24, 2.45) is 5.73 Å². The van der Waals surface area contributed by atoms with Gasteiger partial charge >= 0.3 is 7.82 Å². The van der Waals surface area contributed by atoms with Crippen LogP contribution in [0.25, 0.3) is 0 Å². The largest absolute Gasteiger partial charge is 0.472 e. The van der Waals surface area contributed by atoms with Crippen molar-refractivity contribution in [3.05, 3.63) is 12.2 Å². The summed E-state index contributed by atoms with van der Waals surface area (Å²) in [6.07, 6.45) is 32.9. The maximum atomic E-state index is 12.7. The quantitative estimate of drug-likeness (QED) is 0.0244. The monoisotopic (exact) mass is 705 g/mol. The van der Waals surface area contributed by atoms with Crippen molar-refractivity contribution in [3.63, 3.8) is 0 Å². The average molecular weight is 705 g/mol. The molecule has 0 bridgehead atoms. The lowest BCUT2D eigenvalue weighted by atomic mass is 10.0. The zero-order chi connectivity index (χ0) is 35.6. The number of nitrogens with two attached hydrogens (primary N) is 1. The molecule has 0 aliphatic carbocycles. The summed E-state index contributed by atoms with van der Waals surface area (Å²) < 4.78 is 22.0. The molecule has 0 aromatic heterocycles. The van der Waals surface area contributed by atoms with E-state index in [0.717, 1.165) is 38.5 Å².